The molecule has 16 heavy (non-hydrogen) atoms. The third kappa shape index (κ3) is 14.2. The van der Waals surface area contributed by atoms with E-state index in [1.165, 1.54) is 44.3 Å². The average Bonchev–Trinajstić information content (AvgIpc) is 2.19. The van der Waals surface area contributed by atoms with Crippen molar-refractivity contribution in [2.45, 2.75) is 65.1 Å². The minimum Gasteiger partial charge on any atom is -0.298 e. The van der Waals surface area contributed by atoms with E-state index in [2.05, 4.69) is 49.0 Å². The van der Waals surface area contributed by atoms with Gasteiger partial charge in [-0.05, 0) is 31.2 Å². The zero-order valence-electron chi connectivity index (χ0n) is 11.6. The van der Waals surface area contributed by atoms with Crippen molar-refractivity contribution in [2.24, 2.45) is 4.99 Å². The number of aliphatic imine (C=N–C) groups is 1. The molecule has 1 nitrogen and oxygen atoms in total. The van der Waals surface area contributed by atoms with Crippen molar-refractivity contribution in [2.75, 3.05) is 12.3 Å². The van der Waals surface area contributed by atoms with Gasteiger partial charge in [-0.3, -0.25) is 4.99 Å². The summed E-state index contributed by atoms with van der Waals surface area (Å²) < 4.78 is 0. The lowest BCUT2D eigenvalue weighted by atomic mass is 10.2. The van der Waals surface area contributed by atoms with Gasteiger partial charge in [0, 0.05) is 6.54 Å². The highest BCUT2D eigenvalue weighted by atomic mass is 32.4. The van der Waals surface area contributed by atoms with Gasteiger partial charge in [-0.2, -0.15) is 11.2 Å². The van der Waals surface area contributed by atoms with E-state index >= 15 is 0 Å². The normalized spacial score (nSPS) is 12.5. The van der Waals surface area contributed by atoms with E-state index in [1.54, 1.807) is 0 Å². The summed E-state index contributed by atoms with van der Waals surface area (Å²) >= 11 is 2.19. The van der Waals surface area contributed by atoms with E-state index in [9.17, 15) is 0 Å². The fourth-order valence-corrected chi connectivity index (χ4v) is 4.56. The lowest BCUT2D eigenvalue weighted by Gasteiger charge is -2.13. The Morgan fingerprint density at radius 3 is 2.44 bits per heavy atom. The lowest BCUT2D eigenvalue weighted by Crippen LogP contribution is -2.14. The van der Waals surface area contributed by atoms with Gasteiger partial charge in [-0.1, -0.05) is 45.8 Å². The molecule has 0 aliphatic heterocycles. The van der Waals surface area contributed by atoms with E-state index < -0.39 is 7.22 Å². The molecular weight excluding hydrogens is 230 g/mol. The summed E-state index contributed by atoms with van der Waals surface area (Å²) in [6.45, 7) is 10.5. The Morgan fingerprint density at radius 2 is 1.81 bits per heavy atom. The van der Waals surface area contributed by atoms with Gasteiger partial charge in [-0.15, -0.1) is 0 Å². The SMILES string of the molecule is CCCCCC/N=C\CCCS[Si](C)(C)C. The highest BCUT2D eigenvalue weighted by Gasteiger charge is 2.11. The zero-order chi connectivity index (χ0) is 12.3. The van der Waals surface area contributed by atoms with Gasteiger partial charge >= 0.3 is 0 Å². The highest BCUT2D eigenvalue weighted by molar-refractivity contribution is 8.28. The van der Waals surface area contributed by atoms with Gasteiger partial charge in [0.2, 0.25) is 0 Å². The molecule has 3 heteroatoms. The van der Waals surface area contributed by atoms with Crippen LogP contribution in [0.2, 0.25) is 19.6 Å². The molecule has 0 unspecified atom stereocenters. The molecule has 0 saturated heterocycles. The zero-order valence-corrected chi connectivity index (χ0v) is 13.4. The fraction of sp³-hybridized carbons (Fsp3) is 0.923. The first-order chi connectivity index (χ1) is 7.56. The molecule has 0 bridgehead atoms. The van der Waals surface area contributed by atoms with E-state index in [1.807, 2.05) is 0 Å². The molecule has 0 aromatic heterocycles. The molecule has 96 valence electrons. The van der Waals surface area contributed by atoms with Gasteiger partial charge in [0.1, 0.15) is 7.22 Å². The third-order valence-corrected chi connectivity index (χ3v) is 6.85. The quantitative estimate of drug-likeness (QED) is 0.306. The van der Waals surface area contributed by atoms with Crippen LogP contribution in [0.5, 0.6) is 0 Å². The second-order valence-corrected chi connectivity index (χ2v) is 14.7. The Balaban J connectivity index is 3.16. The van der Waals surface area contributed by atoms with Crippen molar-refractivity contribution in [3.05, 3.63) is 0 Å². The number of rotatable bonds is 10. The van der Waals surface area contributed by atoms with Gasteiger partial charge in [0.05, 0.1) is 0 Å². The fourth-order valence-electron chi connectivity index (χ4n) is 1.37. The number of nitrogens with zero attached hydrogens (tertiary/aromatic N) is 1. The van der Waals surface area contributed by atoms with Gasteiger partial charge in [-0.25, -0.2) is 0 Å². The summed E-state index contributed by atoms with van der Waals surface area (Å²) in [6.07, 6.45) is 9.91. The summed E-state index contributed by atoms with van der Waals surface area (Å²) in [5, 5.41) is 0. The van der Waals surface area contributed by atoms with E-state index in [0.717, 1.165) is 6.54 Å². The van der Waals surface area contributed by atoms with Crippen molar-refractivity contribution in [3.8, 4) is 0 Å². The summed E-state index contributed by atoms with van der Waals surface area (Å²) in [5.74, 6) is 1.32. The van der Waals surface area contributed by atoms with Crippen LogP contribution < -0.4 is 0 Å². The average molecular weight is 260 g/mol. The second kappa shape index (κ2) is 10.4. The van der Waals surface area contributed by atoms with Crippen LogP contribution in [0, 0.1) is 0 Å². The van der Waals surface area contributed by atoms with Gasteiger partial charge in [0.25, 0.3) is 0 Å². The molecule has 0 aliphatic carbocycles. The van der Waals surface area contributed by atoms with Gasteiger partial charge < -0.3 is 0 Å². The Morgan fingerprint density at radius 1 is 1.06 bits per heavy atom. The molecule has 0 atom stereocenters. The molecule has 0 spiro atoms. The molecule has 0 fully saturated rings. The van der Waals surface area contributed by atoms with Crippen molar-refractivity contribution in [1.29, 1.82) is 0 Å². The van der Waals surface area contributed by atoms with Crippen LogP contribution in [0.3, 0.4) is 0 Å². The van der Waals surface area contributed by atoms with Crippen LogP contribution in [0.1, 0.15) is 45.4 Å². The molecule has 0 amide bonds. The summed E-state index contributed by atoms with van der Waals surface area (Å²) in [5.41, 5.74) is 0. The molecule has 0 rings (SSSR count). The molecule has 0 radical (unpaired) electrons. The van der Waals surface area contributed by atoms with Crippen LogP contribution in [-0.4, -0.2) is 25.7 Å². The van der Waals surface area contributed by atoms with Crippen molar-refractivity contribution >= 4 is 24.6 Å². The van der Waals surface area contributed by atoms with E-state index in [0.29, 0.717) is 0 Å². The second-order valence-electron chi connectivity index (χ2n) is 5.25. The molecular formula is C13H29NSSi. The Labute approximate surface area is 107 Å². The number of unbranched alkanes of at least 4 members (excludes halogenated alkanes) is 4. The first kappa shape index (κ1) is 16.2. The number of hydrogen-bond donors (Lipinski definition) is 0. The van der Waals surface area contributed by atoms with Crippen LogP contribution in [0.15, 0.2) is 4.99 Å². The predicted molar refractivity (Wildman–Crippen MR) is 82.5 cm³/mol. The maximum atomic E-state index is 4.45. The smallest absolute Gasteiger partial charge is 0.108 e. The highest BCUT2D eigenvalue weighted by Crippen LogP contribution is 2.20. The third-order valence-electron chi connectivity index (χ3n) is 2.28. The van der Waals surface area contributed by atoms with Gasteiger partial charge in [0.15, 0.2) is 0 Å². The molecule has 0 aromatic carbocycles. The van der Waals surface area contributed by atoms with E-state index in [4.69, 9.17) is 0 Å². The standard InChI is InChI=1S/C13H29NSSi/c1-5-6-7-8-11-14-12-9-10-13-15-16(2,3)4/h12H,5-11,13H2,1-4H3/b14-12-. The van der Waals surface area contributed by atoms with Crippen LogP contribution in [0.25, 0.3) is 0 Å². The predicted octanol–water partition coefficient (Wildman–Crippen LogP) is 4.99. The van der Waals surface area contributed by atoms with Crippen molar-refractivity contribution in [1.82, 2.24) is 0 Å². The largest absolute Gasteiger partial charge is 0.298 e. The summed E-state index contributed by atoms with van der Waals surface area (Å²) in [6, 6.07) is 0. The Kier molecular flexibility index (Phi) is 10.5. The minimum atomic E-state index is -0.875. The molecule has 0 aromatic rings. The maximum Gasteiger partial charge on any atom is 0.108 e. The Hall–Kier alpha value is 0.237. The molecule has 0 aliphatic rings. The van der Waals surface area contributed by atoms with Crippen molar-refractivity contribution < 1.29 is 0 Å². The first-order valence-corrected chi connectivity index (χ1v) is 11.9. The summed E-state index contributed by atoms with van der Waals surface area (Å²) in [7, 11) is -0.875. The van der Waals surface area contributed by atoms with Crippen LogP contribution in [-0.2, 0) is 0 Å². The molecule has 0 heterocycles. The number of hydrogen-bond acceptors (Lipinski definition) is 2. The topological polar surface area (TPSA) is 12.4 Å². The van der Waals surface area contributed by atoms with E-state index in [-0.39, 0.29) is 0 Å². The maximum absolute atomic E-state index is 4.45. The summed E-state index contributed by atoms with van der Waals surface area (Å²) in [4.78, 5) is 4.45. The monoisotopic (exact) mass is 259 g/mol. The molecule has 0 N–H and O–H groups in total. The first-order valence-electron chi connectivity index (χ1n) is 6.68. The van der Waals surface area contributed by atoms with Crippen LogP contribution in [0.4, 0.5) is 0 Å². The van der Waals surface area contributed by atoms with Crippen molar-refractivity contribution in [3.63, 3.8) is 0 Å². The molecule has 0 saturated carbocycles. The van der Waals surface area contributed by atoms with Crippen LogP contribution >= 0.6 is 11.2 Å². The lowest BCUT2D eigenvalue weighted by molar-refractivity contribution is 0.675. The Bertz CT molecular complexity index is 175. The minimum absolute atomic E-state index is 0.875.